The number of aliphatic hydroxyl groups is 1. The Morgan fingerprint density at radius 1 is 1.10 bits per heavy atom. The highest BCUT2D eigenvalue weighted by Gasteiger charge is 2.26. The van der Waals surface area contributed by atoms with Crippen LogP contribution in [0.5, 0.6) is 0 Å². The predicted octanol–water partition coefficient (Wildman–Crippen LogP) is 3.37. The molecule has 0 radical (unpaired) electrons. The van der Waals surface area contributed by atoms with Crippen LogP contribution in [-0.4, -0.2) is 29.1 Å². The molecule has 124 valence electrons. The van der Waals surface area contributed by atoms with E-state index >= 15 is 0 Å². The van der Waals surface area contributed by atoms with Gasteiger partial charge in [-0.25, -0.2) is 0 Å². The van der Waals surface area contributed by atoms with E-state index in [1.54, 1.807) is 0 Å². The van der Waals surface area contributed by atoms with Gasteiger partial charge in [0, 0.05) is 12.5 Å². The van der Waals surface area contributed by atoms with Crippen molar-refractivity contribution in [1.82, 2.24) is 0 Å². The average Bonchev–Trinajstić information content (AvgIpc) is 2.43. The Morgan fingerprint density at radius 2 is 1.71 bits per heavy atom. The van der Waals surface area contributed by atoms with Gasteiger partial charge in [-0.3, -0.25) is 4.79 Å². The van der Waals surface area contributed by atoms with Gasteiger partial charge in [-0.1, -0.05) is 34.1 Å². The smallest absolute Gasteiger partial charge is 0.306 e. The number of aliphatic carboxylic acids is 1. The average molecular weight is 300 g/mol. The number of carbonyl (C=O) groups excluding carboxylic acids is 1. The molecule has 4 nitrogen and oxygen atoms in total. The van der Waals surface area contributed by atoms with Crippen LogP contribution in [0.4, 0.5) is 0 Å². The van der Waals surface area contributed by atoms with E-state index in [9.17, 15) is 19.8 Å². The molecule has 4 atom stereocenters. The number of hydrogen-bond donors (Lipinski definition) is 2. The number of carboxylic acids is 1. The number of aliphatic hydroxyl groups excluding tert-OH is 1. The molecule has 21 heavy (non-hydrogen) atoms. The van der Waals surface area contributed by atoms with Crippen molar-refractivity contribution in [3.63, 3.8) is 0 Å². The van der Waals surface area contributed by atoms with Gasteiger partial charge < -0.3 is 15.0 Å². The van der Waals surface area contributed by atoms with Crippen LogP contribution in [0.3, 0.4) is 0 Å². The number of carbonyl (C=O) groups is 2. The third-order valence-electron chi connectivity index (χ3n) is 4.21. The first-order valence-electron chi connectivity index (χ1n) is 8.12. The summed E-state index contributed by atoms with van der Waals surface area (Å²) in [6.45, 7) is 8.32. The lowest BCUT2D eigenvalue weighted by Gasteiger charge is -2.23. The Kier molecular flexibility index (Phi) is 10.3. The summed E-state index contributed by atoms with van der Waals surface area (Å²) in [5, 5.41) is 18.7. The Bertz CT molecular complexity index is 301. The molecule has 0 aromatic heterocycles. The van der Waals surface area contributed by atoms with Gasteiger partial charge in [0.05, 0.1) is 5.92 Å². The molecule has 0 aromatic rings. The molecular formula is C17H32O4. The van der Waals surface area contributed by atoms with Crippen molar-refractivity contribution in [2.24, 2.45) is 29.6 Å². The van der Waals surface area contributed by atoms with E-state index in [1.807, 2.05) is 13.8 Å². The van der Waals surface area contributed by atoms with Gasteiger partial charge >= 0.3 is 5.97 Å². The maximum atomic E-state index is 11.4. The molecule has 4 unspecified atom stereocenters. The molecule has 0 amide bonds. The summed E-state index contributed by atoms with van der Waals surface area (Å²) in [7, 11) is 0. The Labute approximate surface area is 128 Å². The van der Waals surface area contributed by atoms with Gasteiger partial charge in [0.1, 0.15) is 6.29 Å². The molecule has 0 aliphatic rings. The Morgan fingerprint density at radius 3 is 2.10 bits per heavy atom. The maximum absolute atomic E-state index is 11.4. The fraction of sp³-hybridized carbons (Fsp3) is 0.882. The van der Waals surface area contributed by atoms with Gasteiger partial charge in [-0.2, -0.15) is 0 Å². The van der Waals surface area contributed by atoms with Crippen LogP contribution >= 0.6 is 0 Å². The molecule has 0 rings (SSSR count). The topological polar surface area (TPSA) is 74.6 Å². The van der Waals surface area contributed by atoms with E-state index in [-0.39, 0.29) is 18.4 Å². The second-order valence-electron chi connectivity index (χ2n) is 6.83. The van der Waals surface area contributed by atoms with Crippen LogP contribution in [0.15, 0.2) is 0 Å². The molecule has 0 spiro atoms. The number of hydrogen-bond acceptors (Lipinski definition) is 3. The Hall–Kier alpha value is -0.900. The standard InChI is InChI=1S/C17H32O4/c1-5-13(4)7-16(17(20)21)9-15(11-19)8-14(10-18)6-12(2)3/h11-16,18H,5-10H2,1-4H3,(H,20,21). The first-order chi connectivity index (χ1) is 9.83. The minimum atomic E-state index is -0.813. The largest absolute Gasteiger partial charge is 0.481 e. The number of carboxylic acid groups (broad SMARTS) is 1. The van der Waals surface area contributed by atoms with Crippen molar-refractivity contribution >= 4 is 12.3 Å². The molecule has 0 heterocycles. The van der Waals surface area contributed by atoms with E-state index in [1.165, 1.54) is 0 Å². The van der Waals surface area contributed by atoms with Gasteiger partial charge in [-0.15, -0.1) is 0 Å². The lowest BCUT2D eigenvalue weighted by Crippen LogP contribution is -2.23. The zero-order valence-corrected chi connectivity index (χ0v) is 13.9. The predicted molar refractivity (Wildman–Crippen MR) is 84.0 cm³/mol. The van der Waals surface area contributed by atoms with Crippen molar-refractivity contribution in [1.29, 1.82) is 0 Å². The fourth-order valence-electron chi connectivity index (χ4n) is 2.86. The Balaban J connectivity index is 4.61. The fourth-order valence-corrected chi connectivity index (χ4v) is 2.86. The van der Waals surface area contributed by atoms with E-state index in [2.05, 4.69) is 13.8 Å². The zero-order valence-electron chi connectivity index (χ0n) is 13.9. The second-order valence-corrected chi connectivity index (χ2v) is 6.83. The first kappa shape index (κ1) is 20.1. The summed E-state index contributed by atoms with van der Waals surface area (Å²) in [5.41, 5.74) is 0. The van der Waals surface area contributed by atoms with Crippen molar-refractivity contribution in [2.75, 3.05) is 6.61 Å². The first-order valence-corrected chi connectivity index (χ1v) is 8.12. The lowest BCUT2D eigenvalue weighted by atomic mass is 9.82. The van der Waals surface area contributed by atoms with Crippen LogP contribution in [0, 0.1) is 29.6 Å². The summed E-state index contributed by atoms with van der Waals surface area (Å²) in [5.74, 6) is -0.656. The molecule has 2 N–H and O–H groups in total. The third kappa shape index (κ3) is 8.86. The SMILES string of the molecule is CCC(C)CC(CC(C=O)CC(CO)CC(C)C)C(=O)O. The molecule has 0 fully saturated rings. The second kappa shape index (κ2) is 10.8. The van der Waals surface area contributed by atoms with E-state index in [4.69, 9.17) is 0 Å². The molecule has 0 aromatic carbocycles. The summed E-state index contributed by atoms with van der Waals surface area (Å²) < 4.78 is 0. The monoisotopic (exact) mass is 300 g/mol. The maximum Gasteiger partial charge on any atom is 0.306 e. The lowest BCUT2D eigenvalue weighted by molar-refractivity contribution is -0.143. The molecule has 0 aliphatic heterocycles. The molecule has 0 aliphatic carbocycles. The summed E-state index contributed by atoms with van der Waals surface area (Å²) in [6.07, 6.45) is 4.27. The molecule has 4 heteroatoms. The summed E-state index contributed by atoms with van der Waals surface area (Å²) >= 11 is 0. The van der Waals surface area contributed by atoms with E-state index in [0.717, 1.165) is 19.1 Å². The molecule has 0 saturated carbocycles. The third-order valence-corrected chi connectivity index (χ3v) is 4.21. The quantitative estimate of drug-likeness (QED) is 0.542. The number of rotatable bonds is 12. The van der Waals surface area contributed by atoms with Crippen LogP contribution in [0.1, 0.15) is 59.8 Å². The summed E-state index contributed by atoms with van der Waals surface area (Å²) in [4.78, 5) is 22.7. The highest BCUT2D eigenvalue weighted by molar-refractivity contribution is 5.70. The van der Waals surface area contributed by atoms with E-state index in [0.29, 0.717) is 31.1 Å². The zero-order chi connectivity index (χ0) is 16.4. The highest BCUT2D eigenvalue weighted by Crippen LogP contribution is 2.27. The van der Waals surface area contributed by atoms with Crippen LogP contribution in [-0.2, 0) is 9.59 Å². The number of aldehydes is 1. The molecule has 0 bridgehead atoms. The van der Waals surface area contributed by atoms with Gasteiger partial charge in [0.15, 0.2) is 0 Å². The van der Waals surface area contributed by atoms with Crippen LogP contribution in [0.25, 0.3) is 0 Å². The van der Waals surface area contributed by atoms with Crippen molar-refractivity contribution in [3.8, 4) is 0 Å². The van der Waals surface area contributed by atoms with Gasteiger partial charge in [0.25, 0.3) is 0 Å². The highest BCUT2D eigenvalue weighted by atomic mass is 16.4. The molecular weight excluding hydrogens is 268 g/mol. The normalized spacial score (nSPS) is 17.2. The summed E-state index contributed by atoms with van der Waals surface area (Å²) in [6, 6.07) is 0. The van der Waals surface area contributed by atoms with E-state index < -0.39 is 11.9 Å². The van der Waals surface area contributed by atoms with Crippen LogP contribution in [0.2, 0.25) is 0 Å². The van der Waals surface area contributed by atoms with Crippen LogP contribution < -0.4 is 0 Å². The van der Waals surface area contributed by atoms with Crippen molar-refractivity contribution in [3.05, 3.63) is 0 Å². The van der Waals surface area contributed by atoms with Crippen molar-refractivity contribution < 1.29 is 19.8 Å². The minimum absolute atomic E-state index is 0.0611. The molecule has 0 saturated heterocycles. The van der Waals surface area contributed by atoms with Crippen molar-refractivity contribution in [2.45, 2.75) is 59.8 Å². The minimum Gasteiger partial charge on any atom is -0.481 e. The van der Waals surface area contributed by atoms with Gasteiger partial charge in [-0.05, 0) is 43.4 Å². The van der Waals surface area contributed by atoms with Gasteiger partial charge in [0.2, 0.25) is 0 Å².